The summed E-state index contributed by atoms with van der Waals surface area (Å²) in [6, 6.07) is 6.84. The van der Waals surface area contributed by atoms with Crippen LogP contribution in [0.3, 0.4) is 0 Å². The number of aromatic nitrogens is 2. The van der Waals surface area contributed by atoms with Crippen molar-refractivity contribution in [3.8, 4) is 5.75 Å². The van der Waals surface area contributed by atoms with Gasteiger partial charge in [-0.05, 0) is 69.1 Å². The summed E-state index contributed by atoms with van der Waals surface area (Å²) in [7, 11) is -4.53. The molecular formula is C25H32ClN2O9PS. The maximum absolute atomic E-state index is 14.1. The first-order valence-corrected chi connectivity index (χ1v) is 15.0. The van der Waals surface area contributed by atoms with Gasteiger partial charge in [-0.15, -0.1) is 0 Å². The zero-order valence-electron chi connectivity index (χ0n) is 23.3. The predicted octanol–water partition coefficient (Wildman–Crippen LogP) is 3.98. The van der Waals surface area contributed by atoms with Crippen molar-refractivity contribution < 1.29 is 40.8 Å². The van der Waals surface area contributed by atoms with E-state index >= 15 is 0 Å². The molecule has 2 aromatic rings. The zero-order chi connectivity index (χ0) is 30.2. The van der Waals surface area contributed by atoms with Gasteiger partial charge >= 0.3 is 13.6 Å². The van der Waals surface area contributed by atoms with Crippen molar-refractivity contribution in [3.05, 3.63) is 56.7 Å². The van der Waals surface area contributed by atoms with Gasteiger partial charge in [0.2, 0.25) is 0 Å². The Morgan fingerprint density at radius 2 is 2.03 bits per heavy atom. The topological polar surface area (TPSA) is 149 Å². The minimum absolute atomic E-state index is 0.0298. The minimum Gasteiger partial charge on any atom is -0.462 e. The molecule has 3 N–H and O–H groups in total. The quantitative estimate of drug-likeness (QED) is 0.206. The maximum atomic E-state index is 14.1. The van der Waals surface area contributed by atoms with Crippen LogP contribution in [0.1, 0.15) is 48.5 Å². The lowest BCUT2D eigenvalue weighted by Crippen LogP contribution is -2.44. The van der Waals surface area contributed by atoms with Gasteiger partial charge in [0.05, 0.1) is 21.4 Å². The Morgan fingerprint density at radius 3 is 2.67 bits per heavy atom. The van der Waals surface area contributed by atoms with Crippen LogP contribution in [0, 0.1) is 10.7 Å². The maximum Gasteiger partial charge on any atom is 0.380 e. The Bertz CT molecular complexity index is 1410. The zero-order valence-corrected chi connectivity index (χ0v) is 23.8. The van der Waals surface area contributed by atoms with Crippen LogP contribution in [-0.2, 0) is 23.4 Å². The number of carbonyl (C=O) groups excluding carboxylic acids is 1. The fourth-order valence-electron chi connectivity index (χ4n) is 4.43. The fourth-order valence-corrected chi connectivity index (χ4v) is 6.53. The molecule has 1 unspecified atom stereocenters. The Balaban J connectivity index is 1.60. The van der Waals surface area contributed by atoms with Crippen molar-refractivity contribution in [2.75, 3.05) is 12.7 Å². The molecule has 1 saturated carbocycles. The van der Waals surface area contributed by atoms with E-state index in [1.165, 1.54) is 44.3 Å². The molecule has 2 heterocycles. The smallest absolute Gasteiger partial charge is 0.380 e. The van der Waals surface area contributed by atoms with E-state index in [9.17, 15) is 24.4 Å². The molecule has 4 rings (SSSR count). The molecule has 2 fully saturated rings. The highest BCUT2D eigenvalue weighted by Gasteiger charge is 2.53. The number of rotatable bonds is 10. The summed E-state index contributed by atoms with van der Waals surface area (Å²) in [5.41, 5.74) is -2.64. The molecule has 214 valence electrons. The molecule has 2 aliphatic rings. The third-order valence-electron chi connectivity index (χ3n) is 6.62. The van der Waals surface area contributed by atoms with Crippen molar-refractivity contribution in [2.24, 2.45) is 5.92 Å². The molecule has 1 aliphatic carbocycles. The largest absolute Gasteiger partial charge is 0.462 e. The number of benzene rings is 1. The second kappa shape index (κ2) is 12.2. The van der Waals surface area contributed by atoms with Crippen molar-refractivity contribution in [1.29, 1.82) is 0 Å². The number of esters is 1. The standard InChI is InChI=1S/C25H32ClN2O9PS/c1-15(22(31)35-17-5-3-4-6-17)14-38(33,37-18-9-7-16(26)8-10-18)34-13-19-21(30)25(2,32)23(36-19)28-12-11-20(29)27-24(28)39/h7-12,15,17,19,21,23,30,32H,3-6,13-14H2,1-2H3,(H,27,29,39)/t15-,19-,21+,23-,25?,38+/m1/s1/i13D2. The Labute approximate surface area is 238 Å². The van der Waals surface area contributed by atoms with Crippen molar-refractivity contribution in [2.45, 2.75) is 69.7 Å². The lowest BCUT2D eigenvalue weighted by atomic mass is 9.96. The van der Waals surface area contributed by atoms with E-state index < -0.39 is 61.8 Å². The molecule has 6 atom stereocenters. The molecule has 14 heteroatoms. The molecule has 0 bridgehead atoms. The average molecular weight is 605 g/mol. The van der Waals surface area contributed by atoms with Gasteiger partial charge in [0, 0.05) is 17.3 Å². The second-order valence-electron chi connectivity index (χ2n) is 9.89. The SMILES string of the molecule is [2H]C([2H])(O[P@@](=O)(C[C@@H](C)C(=O)OC1CCCC1)Oc1ccc(Cl)cc1)[C@H]1O[C@@H](n2ccc(=O)[nH]c2=S)C(C)(O)[C@H]1O. The number of halogens is 1. The molecule has 11 nitrogen and oxygen atoms in total. The van der Waals surface area contributed by atoms with Crippen molar-refractivity contribution in [1.82, 2.24) is 9.55 Å². The first-order valence-electron chi connectivity index (χ1n) is 13.4. The summed E-state index contributed by atoms with van der Waals surface area (Å²) in [6.07, 6.45) is -1.52. The fraction of sp³-hybridized carbons (Fsp3) is 0.560. The third-order valence-corrected chi connectivity index (χ3v) is 9.05. The first kappa shape index (κ1) is 27.1. The van der Waals surface area contributed by atoms with Crippen LogP contribution >= 0.6 is 31.4 Å². The number of aromatic amines is 1. The summed E-state index contributed by atoms with van der Waals surface area (Å²) in [5.74, 6) is -1.61. The summed E-state index contributed by atoms with van der Waals surface area (Å²) < 4.78 is 54.7. The Morgan fingerprint density at radius 1 is 1.36 bits per heavy atom. The molecule has 1 aromatic carbocycles. The lowest BCUT2D eigenvalue weighted by Gasteiger charge is -2.28. The van der Waals surface area contributed by atoms with Crippen LogP contribution < -0.4 is 10.1 Å². The number of hydrogen-bond donors (Lipinski definition) is 3. The van der Waals surface area contributed by atoms with E-state index in [2.05, 4.69) is 4.98 Å². The predicted molar refractivity (Wildman–Crippen MR) is 144 cm³/mol. The highest BCUT2D eigenvalue weighted by Crippen LogP contribution is 2.51. The molecular weight excluding hydrogens is 571 g/mol. The highest BCUT2D eigenvalue weighted by molar-refractivity contribution is 7.71. The van der Waals surface area contributed by atoms with Gasteiger partial charge < -0.3 is 24.2 Å². The van der Waals surface area contributed by atoms with E-state index in [1.54, 1.807) is 0 Å². The van der Waals surface area contributed by atoms with E-state index in [4.69, 9.17) is 45.1 Å². The monoisotopic (exact) mass is 604 g/mol. The van der Waals surface area contributed by atoms with Crippen LogP contribution in [-0.4, -0.2) is 62.4 Å². The number of hydrogen-bond acceptors (Lipinski definition) is 10. The number of aliphatic hydroxyl groups excluding tert-OH is 1. The molecule has 0 spiro atoms. The van der Waals surface area contributed by atoms with Gasteiger partial charge in [-0.3, -0.25) is 23.7 Å². The first-order chi connectivity index (χ1) is 19.1. The molecule has 0 radical (unpaired) electrons. The normalized spacial score (nSPS) is 28.8. The second-order valence-corrected chi connectivity index (χ2v) is 12.7. The van der Waals surface area contributed by atoms with E-state index in [0.29, 0.717) is 5.02 Å². The van der Waals surface area contributed by atoms with Crippen LogP contribution in [0.2, 0.25) is 5.02 Å². The van der Waals surface area contributed by atoms with E-state index in [-0.39, 0.29) is 16.6 Å². The van der Waals surface area contributed by atoms with Gasteiger partial charge in [0.25, 0.3) is 5.56 Å². The summed E-state index contributed by atoms with van der Waals surface area (Å²) >= 11 is 11.1. The Kier molecular flexibility index (Phi) is 8.50. The number of nitrogens with zero attached hydrogens (tertiary/aromatic N) is 1. The van der Waals surface area contributed by atoms with Gasteiger partial charge in [-0.1, -0.05) is 18.5 Å². The van der Waals surface area contributed by atoms with Crippen LogP contribution in [0.4, 0.5) is 0 Å². The molecule has 0 amide bonds. The summed E-state index contributed by atoms with van der Waals surface area (Å²) in [4.78, 5) is 26.8. The number of carbonyl (C=O) groups is 1. The molecule has 39 heavy (non-hydrogen) atoms. The number of aliphatic hydroxyl groups is 2. The van der Waals surface area contributed by atoms with Crippen molar-refractivity contribution >= 4 is 37.4 Å². The average Bonchev–Trinajstić information content (AvgIpc) is 3.46. The number of ether oxygens (including phenoxy) is 2. The van der Waals surface area contributed by atoms with Crippen molar-refractivity contribution in [3.63, 3.8) is 0 Å². The van der Waals surface area contributed by atoms with Gasteiger partial charge in [-0.25, -0.2) is 4.57 Å². The third kappa shape index (κ3) is 7.18. The van der Waals surface area contributed by atoms with Gasteiger partial charge in [0.15, 0.2) is 11.0 Å². The molecule has 1 aliphatic heterocycles. The van der Waals surface area contributed by atoms with E-state index in [1.807, 2.05) is 0 Å². The number of H-pyrrole nitrogens is 1. The van der Waals surface area contributed by atoms with Crippen LogP contribution in [0.15, 0.2) is 41.3 Å². The van der Waals surface area contributed by atoms with Crippen LogP contribution in [0.25, 0.3) is 0 Å². The van der Waals surface area contributed by atoms with Crippen LogP contribution in [0.5, 0.6) is 5.75 Å². The lowest BCUT2D eigenvalue weighted by molar-refractivity contribution is -0.152. The number of nitrogens with one attached hydrogen (secondary N) is 1. The molecule has 1 aromatic heterocycles. The summed E-state index contributed by atoms with van der Waals surface area (Å²) in [5, 5.41) is 22.4. The van der Waals surface area contributed by atoms with E-state index in [0.717, 1.165) is 36.3 Å². The van der Waals surface area contributed by atoms with Gasteiger partial charge in [-0.2, -0.15) is 0 Å². The van der Waals surface area contributed by atoms with Gasteiger partial charge in [0.1, 0.15) is 29.7 Å². The molecule has 1 saturated heterocycles. The summed E-state index contributed by atoms with van der Waals surface area (Å²) in [6.45, 7) is -0.372. The minimum atomic E-state index is -4.53. The Hall–Kier alpha value is -2.05. The highest BCUT2D eigenvalue weighted by atomic mass is 35.5.